The van der Waals surface area contributed by atoms with E-state index in [0.717, 1.165) is 16.7 Å². The molecule has 0 aliphatic rings. The van der Waals surface area contributed by atoms with Crippen LogP contribution in [0.5, 0.6) is 0 Å². The van der Waals surface area contributed by atoms with E-state index in [1.165, 1.54) is 0 Å². The average molecular weight is 318 g/mol. The minimum Gasteiger partial charge on any atom is -0.462 e. The molecular weight excluding hydrogens is 296 g/mol. The highest BCUT2D eigenvalue weighted by Gasteiger charge is 2.11. The van der Waals surface area contributed by atoms with Gasteiger partial charge in [-0.25, -0.2) is 4.79 Å². The third-order valence-corrected chi connectivity index (χ3v) is 3.45. The first-order valence-electron chi connectivity index (χ1n) is 8.05. The molecule has 0 aromatic heterocycles. The molecule has 0 unspecified atom stereocenters. The number of carbonyl (C=O) groups excluding carboxylic acids is 1. The molecular formula is C22H22O2. The van der Waals surface area contributed by atoms with Crippen LogP contribution in [-0.2, 0) is 9.53 Å². The minimum absolute atomic E-state index is 0.306. The van der Waals surface area contributed by atoms with E-state index in [9.17, 15) is 4.79 Å². The number of benzene rings is 2. The van der Waals surface area contributed by atoms with E-state index in [1.54, 1.807) is 6.08 Å². The lowest BCUT2D eigenvalue weighted by atomic mass is 10.0. The Morgan fingerprint density at radius 2 is 1.54 bits per heavy atom. The summed E-state index contributed by atoms with van der Waals surface area (Å²) in [6.45, 7) is 4.09. The number of hydrogen-bond acceptors (Lipinski definition) is 2. The van der Waals surface area contributed by atoms with Gasteiger partial charge in [0.15, 0.2) is 0 Å². The van der Waals surface area contributed by atoms with Gasteiger partial charge in [0.05, 0.1) is 12.2 Å². The molecule has 0 amide bonds. The van der Waals surface area contributed by atoms with E-state index < -0.39 is 0 Å². The molecule has 0 aliphatic carbocycles. The summed E-state index contributed by atoms with van der Waals surface area (Å²) < 4.78 is 5.18. The molecule has 2 aromatic carbocycles. The fraction of sp³-hybridized carbons (Fsp3) is 0.136. The van der Waals surface area contributed by atoms with Crippen LogP contribution in [0.25, 0.3) is 12.2 Å². The van der Waals surface area contributed by atoms with Gasteiger partial charge in [0.2, 0.25) is 0 Å². The van der Waals surface area contributed by atoms with E-state index in [4.69, 9.17) is 4.74 Å². The summed E-state index contributed by atoms with van der Waals surface area (Å²) in [6.07, 6.45) is 7.64. The topological polar surface area (TPSA) is 26.3 Å². The number of allylic oxidation sites excluding steroid dienone is 2. The second-order valence-corrected chi connectivity index (χ2v) is 5.31. The van der Waals surface area contributed by atoms with Gasteiger partial charge in [-0.1, -0.05) is 78.9 Å². The maximum atomic E-state index is 12.3. The van der Waals surface area contributed by atoms with Crippen molar-refractivity contribution in [3.05, 3.63) is 95.1 Å². The van der Waals surface area contributed by atoms with Crippen molar-refractivity contribution >= 4 is 18.1 Å². The van der Waals surface area contributed by atoms with Crippen LogP contribution in [-0.4, -0.2) is 12.6 Å². The first-order valence-corrected chi connectivity index (χ1v) is 8.05. The zero-order valence-corrected chi connectivity index (χ0v) is 14.1. The van der Waals surface area contributed by atoms with Crippen LogP contribution in [0, 0.1) is 0 Å². The Bertz CT molecular complexity index is 738. The highest BCUT2D eigenvalue weighted by atomic mass is 16.5. The Kier molecular flexibility index (Phi) is 6.78. The Labute approximate surface area is 143 Å². The minimum atomic E-state index is -0.306. The molecule has 0 spiro atoms. The maximum absolute atomic E-state index is 12.3. The van der Waals surface area contributed by atoms with Gasteiger partial charge in [-0.3, -0.25) is 0 Å². The van der Waals surface area contributed by atoms with Crippen LogP contribution in [0.1, 0.15) is 25.0 Å². The second-order valence-electron chi connectivity index (χ2n) is 5.31. The van der Waals surface area contributed by atoms with Crippen LogP contribution in [0.3, 0.4) is 0 Å². The third-order valence-electron chi connectivity index (χ3n) is 3.45. The van der Waals surface area contributed by atoms with E-state index >= 15 is 0 Å². The van der Waals surface area contributed by atoms with Gasteiger partial charge in [-0.05, 0) is 36.6 Å². The van der Waals surface area contributed by atoms with E-state index in [0.29, 0.717) is 12.2 Å². The molecule has 2 aromatic rings. The van der Waals surface area contributed by atoms with Gasteiger partial charge >= 0.3 is 5.97 Å². The van der Waals surface area contributed by atoms with Gasteiger partial charge in [0.25, 0.3) is 0 Å². The SMILES string of the molecule is CCOC(=O)C(=C\C=C\c1ccccc1)/C(C)=C/c1ccccc1. The zero-order valence-electron chi connectivity index (χ0n) is 14.1. The lowest BCUT2D eigenvalue weighted by molar-refractivity contribution is -0.138. The molecule has 0 N–H and O–H groups in total. The molecule has 2 heteroatoms. The van der Waals surface area contributed by atoms with Crippen LogP contribution in [0.4, 0.5) is 0 Å². The van der Waals surface area contributed by atoms with Gasteiger partial charge in [-0.2, -0.15) is 0 Å². The van der Waals surface area contributed by atoms with Crippen LogP contribution >= 0.6 is 0 Å². The number of rotatable bonds is 6. The van der Waals surface area contributed by atoms with Crippen molar-refractivity contribution in [1.29, 1.82) is 0 Å². The molecule has 0 fully saturated rings. The molecule has 2 rings (SSSR count). The second kappa shape index (κ2) is 9.31. The lowest BCUT2D eigenvalue weighted by Gasteiger charge is -2.07. The standard InChI is InChI=1S/C22H22O2/c1-3-24-22(23)21(16-10-15-19-11-6-4-7-12-19)18(2)17-20-13-8-5-9-14-20/h4-17H,3H2,1-2H3/b15-10+,18-17+,21-16-. The van der Waals surface area contributed by atoms with Crippen molar-refractivity contribution in [3.63, 3.8) is 0 Å². The predicted octanol–water partition coefficient (Wildman–Crippen LogP) is 5.29. The molecule has 0 aliphatic heterocycles. The van der Waals surface area contributed by atoms with Gasteiger partial charge in [0, 0.05) is 0 Å². The quantitative estimate of drug-likeness (QED) is 0.411. The maximum Gasteiger partial charge on any atom is 0.338 e. The largest absolute Gasteiger partial charge is 0.462 e. The third kappa shape index (κ3) is 5.40. The summed E-state index contributed by atoms with van der Waals surface area (Å²) in [4.78, 5) is 12.3. The predicted molar refractivity (Wildman–Crippen MR) is 100 cm³/mol. The Hall–Kier alpha value is -2.87. The fourth-order valence-electron chi connectivity index (χ4n) is 2.27. The molecule has 0 radical (unpaired) electrons. The highest BCUT2D eigenvalue weighted by molar-refractivity contribution is 5.95. The number of carbonyl (C=O) groups is 1. The Morgan fingerprint density at radius 3 is 2.12 bits per heavy atom. The molecule has 0 bridgehead atoms. The van der Waals surface area contributed by atoms with Gasteiger partial charge in [-0.15, -0.1) is 0 Å². The molecule has 0 saturated carbocycles. The summed E-state index contributed by atoms with van der Waals surface area (Å²) in [5.41, 5.74) is 3.57. The van der Waals surface area contributed by atoms with Crippen LogP contribution in [0.15, 0.2) is 84.0 Å². The summed E-state index contributed by atoms with van der Waals surface area (Å²) in [5, 5.41) is 0. The fourth-order valence-corrected chi connectivity index (χ4v) is 2.27. The van der Waals surface area contributed by atoms with Gasteiger partial charge in [0.1, 0.15) is 0 Å². The van der Waals surface area contributed by atoms with E-state index in [1.807, 2.05) is 92.7 Å². The summed E-state index contributed by atoms with van der Waals surface area (Å²) in [5.74, 6) is -0.306. The molecule has 0 heterocycles. The summed E-state index contributed by atoms with van der Waals surface area (Å²) in [6, 6.07) is 19.9. The van der Waals surface area contributed by atoms with Crippen molar-refractivity contribution in [2.75, 3.05) is 6.61 Å². The summed E-state index contributed by atoms with van der Waals surface area (Å²) in [7, 11) is 0. The number of ether oxygens (including phenoxy) is 1. The highest BCUT2D eigenvalue weighted by Crippen LogP contribution is 2.16. The van der Waals surface area contributed by atoms with Crippen molar-refractivity contribution < 1.29 is 9.53 Å². The average Bonchev–Trinajstić information content (AvgIpc) is 2.60. The van der Waals surface area contributed by atoms with Gasteiger partial charge < -0.3 is 4.74 Å². The zero-order chi connectivity index (χ0) is 17.2. The van der Waals surface area contributed by atoms with E-state index in [-0.39, 0.29) is 5.97 Å². The van der Waals surface area contributed by atoms with Crippen molar-refractivity contribution in [2.24, 2.45) is 0 Å². The van der Waals surface area contributed by atoms with Crippen molar-refractivity contribution in [2.45, 2.75) is 13.8 Å². The number of hydrogen-bond donors (Lipinski definition) is 0. The Balaban J connectivity index is 2.27. The first-order chi connectivity index (χ1) is 11.7. The Morgan fingerprint density at radius 1 is 0.958 bits per heavy atom. The smallest absolute Gasteiger partial charge is 0.338 e. The number of esters is 1. The lowest BCUT2D eigenvalue weighted by Crippen LogP contribution is -2.08. The molecule has 0 saturated heterocycles. The normalized spacial score (nSPS) is 12.4. The van der Waals surface area contributed by atoms with Crippen molar-refractivity contribution in [1.82, 2.24) is 0 Å². The molecule has 24 heavy (non-hydrogen) atoms. The van der Waals surface area contributed by atoms with Crippen molar-refractivity contribution in [3.8, 4) is 0 Å². The molecule has 2 nitrogen and oxygen atoms in total. The summed E-state index contributed by atoms with van der Waals surface area (Å²) >= 11 is 0. The first kappa shape index (κ1) is 17.5. The molecule has 0 atom stereocenters. The van der Waals surface area contributed by atoms with Crippen LogP contribution < -0.4 is 0 Å². The van der Waals surface area contributed by atoms with Crippen LogP contribution in [0.2, 0.25) is 0 Å². The van der Waals surface area contributed by atoms with E-state index in [2.05, 4.69) is 0 Å². The molecule has 122 valence electrons. The monoisotopic (exact) mass is 318 g/mol.